The zero-order valence-corrected chi connectivity index (χ0v) is 15.9. The van der Waals surface area contributed by atoms with Crippen molar-refractivity contribution >= 4 is 16.6 Å². The van der Waals surface area contributed by atoms with Crippen molar-refractivity contribution in [2.24, 2.45) is 0 Å². The summed E-state index contributed by atoms with van der Waals surface area (Å²) in [5, 5.41) is 5.15. The molecule has 0 saturated carbocycles. The van der Waals surface area contributed by atoms with Crippen LogP contribution in [0.3, 0.4) is 0 Å². The van der Waals surface area contributed by atoms with Crippen LogP contribution in [0.15, 0.2) is 65.2 Å². The summed E-state index contributed by atoms with van der Waals surface area (Å²) >= 11 is 0. The third kappa shape index (κ3) is 3.13. The molecule has 2 aromatic heterocycles. The number of aromatic nitrogens is 3. The van der Waals surface area contributed by atoms with Crippen LogP contribution in [0.5, 0.6) is 0 Å². The van der Waals surface area contributed by atoms with Crippen molar-refractivity contribution in [1.82, 2.24) is 15.1 Å². The standard InChI is InChI=1S/C23H22N4O/c1-16-24-23(28-26-16)18-11-13-27(14-12-18)22-15-21(17-7-3-2-4-8-17)25-20-10-6-5-9-19(20)22/h2-10,15,18H,11-14H2,1H3. The molecule has 2 aromatic carbocycles. The van der Waals surface area contributed by atoms with E-state index in [1.165, 1.54) is 11.1 Å². The molecule has 0 N–H and O–H groups in total. The van der Waals surface area contributed by atoms with Gasteiger partial charge in [-0.05, 0) is 31.9 Å². The zero-order valence-electron chi connectivity index (χ0n) is 15.9. The third-order valence-electron chi connectivity index (χ3n) is 5.49. The number of piperidine rings is 1. The monoisotopic (exact) mass is 370 g/mol. The average Bonchev–Trinajstić information content (AvgIpc) is 3.20. The molecule has 140 valence electrons. The first kappa shape index (κ1) is 16.9. The van der Waals surface area contributed by atoms with E-state index in [9.17, 15) is 0 Å². The van der Waals surface area contributed by atoms with E-state index in [0.717, 1.165) is 48.6 Å². The Morgan fingerprint density at radius 3 is 2.43 bits per heavy atom. The highest BCUT2D eigenvalue weighted by molar-refractivity contribution is 5.94. The third-order valence-corrected chi connectivity index (χ3v) is 5.49. The second kappa shape index (κ2) is 7.08. The lowest BCUT2D eigenvalue weighted by Gasteiger charge is -2.33. The number of hydrogen-bond donors (Lipinski definition) is 0. The maximum Gasteiger partial charge on any atom is 0.229 e. The molecular weight excluding hydrogens is 348 g/mol. The lowest BCUT2D eigenvalue weighted by Crippen LogP contribution is -2.33. The molecule has 4 aromatic rings. The summed E-state index contributed by atoms with van der Waals surface area (Å²) in [4.78, 5) is 11.8. The van der Waals surface area contributed by atoms with Crippen molar-refractivity contribution < 1.29 is 4.52 Å². The number of pyridine rings is 1. The summed E-state index contributed by atoms with van der Waals surface area (Å²) in [6, 6.07) is 21.0. The quantitative estimate of drug-likeness (QED) is 0.509. The Labute approximate surface area is 164 Å². The summed E-state index contributed by atoms with van der Waals surface area (Å²) in [5.41, 5.74) is 4.45. The van der Waals surface area contributed by atoms with E-state index in [4.69, 9.17) is 9.51 Å². The van der Waals surface area contributed by atoms with Crippen LogP contribution in [-0.2, 0) is 0 Å². The number of aryl methyl sites for hydroxylation is 1. The van der Waals surface area contributed by atoms with Gasteiger partial charge in [-0.25, -0.2) is 4.98 Å². The molecule has 5 heteroatoms. The Bertz CT molecular complexity index is 1100. The van der Waals surface area contributed by atoms with Gasteiger partial charge in [-0.3, -0.25) is 0 Å². The van der Waals surface area contributed by atoms with E-state index in [1.54, 1.807) is 0 Å². The number of fused-ring (bicyclic) bond motifs is 1. The summed E-state index contributed by atoms with van der Waals surface area (Å²) in [7, 11) is 0. The summed E-state index contributed by atoms with van der Waals surface area (Å²) in [6.07, 6.45) is 2.03. The Morgan fingerprint density at radius 2 is 1.68 bits per heavy atom. The van der Waals surface area contributed by atoms with E-state index < -0.39 is 0 Å². The first-order valence-corrected chi connectivity index (χ1v) is 9.78. The molecule has 0 radical (unpaired) electrons. The molecule has 0 bridgehead atoms. The van der Waals surface area contributed by atoms with Crippen LogP contribution in [-0.4, -0.2) is 28.2 Å². The summed E-state index contributed by atoms with van der Waals surface area (Å²) in [6.45, 7) is 3.80. The fraction of sp³-hybridized carbons (Fsp3) is 0.261. The van der Waals surface area contributed by atoms with Gasteiger partial charge in [-0.2, -0.15) is 4.98 Å². The predicted molar refractivity (Wildman–Crippen MR) is 110 cm³/mol. The number of rotatable bonds is 3. The minimum atomic E-state index is 0.346. The second-order valence-electron chi connectivity index (χ2n) is 7.35. The lowest BCUT2D eigenvalue weighted by molar-refractivity contribution is 0.327. The largest absolute Gasteiger partial charge is 0.371 e. The van der Waals surface area contributed by atoms with Gasteiger partial charge in [-0.15, -0.1) is 0 Å². The van der Waals surface area contributed by atoms with Crippen molar-refractivity contribution in [3.8, 4) is 11.3 Å². The molecule has 0 amide bonds. The first-order valence-electron chi connectivity index (χ1n) is 9.78. The molecule has 0 unspecified atom stereocenters. The summed E-state index contributed by atoms with van der Waals surface area (Å²) in [5.74, 6) is 1.84. The highest BCUT2D eigenvalue weighted by Gasteiger charge is 2.26. The number of benzene rings is 2. The molecule has 28 heavy (non-hydrogen) atoms. The van der Waals surface area contributed by atoms with Crippen molar-refractivity contribution in [3.05, 3.63) is 72.4 Å². The van der Waals surface area contributed by atoms with Crippen molar-refractivity contribution in [3.63, 3.8) is 0 Å². The first-order chi connectivity index (χ1) is 13.8. The molecule has 1 fully saturated rings. The van der Waals surface area contributed by atoms with Gasteiger partial charge in [0.2, 0.25) is 5.89 Å². The van der Waals surface area contributed by atoms with Crippen molar-refractivity contribution in [2.45, 2.75) is 25.7 Å². The van der Waals surface area contributed by atoms with Gasteiger partial charge in [-0.1, -0.05) is 53.7 Å². The lowest BCUT2D eigenvalue weighted by atomic mass is 9.95. The Morgan fingerprint density at radius 1 is 0.929 bits per heavy atom. The second-order valence-corrected chi connectivity index (χ2v) is 7.35. The van der Waals surface area contributed by atoms with Gasteiger partial charge >= 0.3 is 0 Å². The van der Waals surface area contributed by atoms with Crippen LogP contribution >= 0.6 is 0 Å². The minimum Gasteiger partial charge on any atom is -0.371 e. The predicted octanol–water partition coefficient (Wildman–Crippen LogP) is 4.98. The molecule has 5 nitrogen and oxygen atoms in total. The average molecular weight is 370 g/mol. The minimum absolute atomic E-state index is 0.346. The smallest absolute Gasteiger partial charge is 0.229 e. The molecule has 0 spiro atoms. The molecule has 1 saturated heterocycles. The number of hydrogen-bond acceptors (Lipinski definition) is 5. The van der Waals surface area contributed by atoms with Crippen molar-refractivity contribution in [2.75, 3.05) is 18.0 Å². The Kier molecular flexibility index (Phi) is 4.28. The van der Waals surface area contributed by atoms with Crippen LogP contribution in [0.4, 0.5) is 5.69 Å². The van der Waals surface area contributed by atoms with E-state index in [-0.39, 0.29) is 0 Å². The van der Waals surface area contributed by atoms with E-state index in [0.29, 0.717) is 11.7 Å². The molecule has 1 aliphatic heterocycles. The topological polar surface area (TPSA) is 55.1 Å². The van der Waals surface area contributed by atoms with E-state index in [2.05, 4.69) is 69.6 Å². The fourth-order valence-electron chi connectivity index (χ4n) is 4.02. The van der Waals surface area contributed by atoms with Crippen LogP contribution < -0.4 is 4.90 Å². The zero-order chi connectivity index (χ0) is 18.9. The Hall–Kier alpha value is -3.21. The van der Waals surface area contributed by atoms with Gasteiger partial charge in [0, 0.05) is 35.6 Å². The van der Waals surface area contributed by atoms with Gasteiger partial charge < -0.3 is 9.42 Å². The fourth-order valence-corrected chi connectivity index (χ4v) is 4.02. The molecule has 5 rings (SSSR count). The van der Waals surface area contributed by atoms with E-state index in [1.807, 2.05) is 13.0 Å². The number of anilines is 1. The highest BCUT2D eigenvalue weighted by atomic mass is 16.5. The SMILES string of the molecule is Cc1noc(C2CCN(c3cc(-c4ccccc4)nc4ccccc34)CC2)n1. The van der Waals surface area contributed by atoms with Gasteiger partial charge in [0.25, 0.3) is 0 Å². The van der Waals surface area contributed by atoms with E-state index >= 15 is 0 Å². The maximum absolute atomic E-state index is 5.40. The summed E-state index contributed by atoms with van der Waals surface area (Å²) < 4.78 is 5.40. The van der Waals surface area contributed by atoms with Gasteiger partial charge in [0.05, 0.1) is 11.2 Å². The number of nitrogens with zero attached hydrogens (tertiary/aromatic N) is 4. The molecule has 0 aliphatic carbocycles. The molecule has 1 aliphatic rings. The van der Waals surface area contributed by atoms with Gasteiger partial charge in [0.1, 0.15) is 0 Å². The van der Waals surface area contributed by atoms with Crippen LogP contribution in [0.1, 0.15) is 30.5 Å². The number of para-hydroxylation sites is 1. The van der Waals surface area contributed by atoms with Crippen molar-refractivity contribution in [1.29, 1.82) is 0 Å². The Balaban J connectivity index is 1.48. The molecule has 0 atom stereocenters. The van der Waals surface area contributed by atoms with Crippen LogP contribution in [0, 0.1) is 6.92 Å². The maximum atomic E-state index is 5.40. The molecular formula is C23H22N4O. The molecule has 3 heterocycles. The van der Waals surface area contributed by atoms with Gasteiger partial charge in [0.15, 0.2) is 5.82 Å². The normalized spacial score (nSPS) is 15.2. The van der Waals surface area contributed by atoms with Crippen LogP contribution in [0.2, 0.25) is 0 Å². The van der Waals surface area contributed by atoms with Crippen LogP contribution in [0.25, 0.3) is 22.2 Å². The highest BCUT2D eigenvalue weighted by Crippen LogP contribution is 2.35.